The Hall–Kier alpha value is -1.45. The van der Waals surface area contributed by atoms with Gasteiger partial charge in [-0.3, -0.25) is 9.88 Å². The predicted molar refractivity (Wildman–Crippen MR) is 79.1 cm³/mol. The van der Waals surface area contributed by atoms with Crippen molar-refractivity contribution in [3.05, 3.63) is 42.2 Å². The molecule has 1 aromatic carbocycles. The molecular weight excluding hydrogens is 234 g/mol. The summed E-state index contributed by atoms with van der Waals surface area (Å²) in [7, 11) is 0. The fourth-order valence-corrected chi connectivity index (χ4v) is 3.01. The van der Waals surface area contributed by atoms with Crippen molar-refractivity contribution < 1.29 is 0 Å². The molecule has 1 aromatic heterocycles. The first-order valence-electron chi connectivity index (χ1n) is 7.04. The Balaban J connectivity index is 1.92. The van der Waals surface area contributed by atoms with E-state index in [0.717, 1.165) is 19.6 Å². The highest BCUT2D eigenvalue weighted by Crippen LogP contribution is 2.21. The van der Waals surface area contributed by atoms with Crippen LogP contribution in [0.1, 0.15) is 19.4 Å². The second-order valence-electron chi connectivity index (χ2n) is 5.54. The Morgan fingerprint density at radius 3 is 2.79 bits per heavy atom. The van der Waals surface area contributed by atoms with Crippen molar-refractivity contribution in [2.75, 3.05) is 13.1 Å². The number of piperazine rings is 1. The summed E-state index contributed by atoms with van der Waals surface area (Å²) in [6.07, 6.45) is 3.83. The highest BCUT2D eigenvalue weighted by molar-refractivity contribution is 5.84. The van der Waals surface area contributed by atoms with Gasteiger partial charge in [-0.2, -0.15) is 0 Å². The SMILES string of the molecule is CC1CNCC(C)N1Cc1cccc2cnccc12. The van der Waals surface area contributed by atoms with Gasteiger partial charge in [0.25, 0.3) is 0 Å². The van der Waals surface area contributed by atoms with E-state index in [1.807, 2.05) is 12.4 Å². The van der Waals surface area contributed by atoms with E-state index in [2.05, 4.69) is 53.3 Å². The number of aromatic nitrogens is 1. The smallest absolute Gasteiger partial charge is 0.0346 e. The molecule has 0 saturated carbocycles. The third-order valence-corrected chi connectivity index (χ3v) is 4.14. The third-order valence-electron chi connectivity index (χ3n) is 4.14. The van der Waals surface area contributed by atoms with Crippen LogP contribution in [0, 0.1) is 0 Å². The summed E-state index contributed by atoms with van der Waals surface area (Å²) in [4.78, 5) is 6.80. The van der Waals surface area contributed by atoms with Crippen LogP contribution in [0.25, 0.3) is 10.8 Å². The lowest BCUT2D eigenvalue weighted by Gasteiger charge is -2.39. The molecule has 2 heterocycles. The van der Waals surface area contributed by atoms with Crippen molar-refractivity contribution in [1.82, 2.24) is 15.2 Å². The maximum Gasteiger partial charge on any atom is 0.0346 e. The number of benzene rings is 1. The summed E-state index contributed by atoms with van der Waals surface area (Å²) in [6, 6.07) is 9.81. The normalized spacial score (nSPS) is 24.7. The molecule has 19 heavy (non-hydrogen) atoms. The van der Waals surface area contributed by atoms with E-state index in [9.17, 15) is 0 Å². The predicted octanol–water partition coefficient (Wildman–Crippen LogP) is 2.42. The van der Waals surface area contributed by atoms with Gasteiger partial charge in [0.05, 0.1) is 0 Å². The second kappa shape index (κ2) is 5.27. The van der Waals surface area contributed by atoms with E-state index in [0.29, 0.717) is 12.1 Å². The van der Waals surface area contributed by atoms with Crippen molar-refractivity contribution in [3.63, 3.8) is 0 Å². The van der Waals surface area contributed by atoms with Crippen LogP contribution in [0.5, 0.6) is 0 Å². The molecule has 1 aliphatic rings. The number of pyridine rings is 1. The molecule has 0 radical (unpaired) electrons. The van der Waals surface area contributed by atoms with Gasteiger partial charge in [0.15, 0.2) is 0 Å². The largest absolute Gasteiger partial charge is 0.314 e. The first-order valence-corrected chi connectivity index (χ1v) is 7.04. The topological polar surface area (TPSA) is 28.2 Å². The van der Waals surface area contributed by atoms with Crippen LogP contribution >= 0.6 is 0 Å². The lowest BCUT2D eigenvalue weighted by atomic mass is 10.0. The van der Waals surface area contributed by atoms with Crippen molar-refractivity contribution in [1.29, 1.82) is 0 Å². The van der Waals surface area contributed by atoms with Gasteiger partial charge < -0.3 is 5.32 Å². The highest BCUT2D eigenvalue weighted by atomic mass is 15.2. The summed E-state index contributed by atoms with van der Waals surface area (Å²) in [6.45, 7) is 7.78. The van der Waals surface area contributed by atoms with Crippen LogP contribution in [0.3, 0.4) is 0 Å². The number of fused-ring (bicyclic) bond motifs is 1. The molecule has 0 amide bonds. The zero-order valence-corrected chi connectivity index (χ0v) is 11.6. The number of hydrogen-bond acceptors (Lipinski definition) is 3. The zero-order valence-electron chi connectivity index (χ0n) is 11.6. The number of nitrogens with one attached hydrogen (secondary N) is 1. The first-order chi connectivity index (χ1) is 9.25. The molecule has 3 nitrogen and oxygen atoms in total. The van der Waals surface area contributed by atoms with Crippen molar-refractivity contribution >= 4 is 10.8 Å². The summed E-state index contributed by atoms with van der Waals surface area (Å²) >= 11 is 0. The molecule has 1 fully saturated rings. The van der Waals surface area contributed by atoms with E-state index >= 15 is 0 Å². The van der Waals surface area contributed by atoms with Crippen molar-refractivity contribution in [2.45, 2.75) is 32.5 Å². The minimum atomic E-state index is 0.584. The average molecular weight is 255 g/mol. The monoisotopic (exact) mass is 255 g/mol. The maximum atomic E-state index is 4.21. The Morgan fingerprint density at radius 1 is 1.21 bits per heavy atom. The second-order valence-corrected chi connectivity index (χ2v) is 5.54. The van der Waals surface area contributed by atoms with E-state index in [4.69, 9.17) is 0 Å². The summed E-state index contributed by atoms with van der Waals surface area (Å²) in [5.74, 6) is 0. The van der Waals surface area contributed by atoms with Crippen LogP contribution in [0.4, 0.5) is 0 Å². The fourth-order valence-electron chi connectivity index (χ4n) is 3.01. The highest BCUT2D eigenvalue weighted by Gasteiger charge is 2.24. The van der Waals surface area contributed by atoms with Gasteiger partial charge in [0.1, 0.15) is 0 Å². The molecule has 3 rings (SSSR count). The van der Waals surface area contributed by atoms with Gasteiger partial charge in [-0.05, 0) is 30.9 Å². The van der Waals surface area contributed by atoms with Crippen molar-refractivity contribution in [2.24, 2.45) is 0 Å². The molecule has 100 valence electrons. The molecule has 1 saturated heterocycles. The lowest BCUT2D eigenvalue weighted by molar-refractivity contribution is 0.109. The minimum absolute atomic E-state index is 0.584. The Labute approximate surface area is 114 Å². The lowest BCUT2D eigenvalue weighted by Crippen LogP contribution is -2.54. The van der Waals surface area contributed by atoms with Crippen LogP contribution in [0.2, 0.25) is 0 Å². The molecule has 1 N–H and O–H groups in total. The van der Waals surface area contributed by atoms with E-state index in [1.54, 1.807) is 0 Å². The van der Waals surface area contributed by atoms with Gasteiger partial charge in [-0.15, -0.1) is 0 Å². The number of hydrogen-bond donors (Lipinski definition) is 1. The molecule has 2 unspecified atom stereocenters. The Bertz CT molecular complexity index is 551. The number of nitrogens with zero attached hydrogens (tertiary/aromatic N) is 2. The standard InChI is InChI=1S/C16H21N3/c1-12-8-18-9-13(2)19(12)11-15-5-3-4-14-10-17-7-6-16(14)15/h3-7,10,12-13,18H,8-9,11H2,1-2H3. The minimum Gasteiger partial charge on any atom is -0.314 e. The molecule has 1 aliphatic heterocycles. The van der Waals surface area contributed by atoms with Crippen LogP contribution in [-0.4, -0.2) is 35.1 Å². The van der Waals surface area contributed by atoms with E-state index in [-0.39, 0.29) is 0 Å². The molecule has 2 aromatic rings. The van der Waals surface area contributed by atoms with Gasteiger partial charge in [-0.25, -0.2) is 0 Å². The molecular formula is C16H21N3. The average Bonchev–Trinajstić information content (AvgIpc) is 2.43. The maximum absolute atomic E-state index is 4.21. The van der Waals surface area contributed by atoms with E-state index < -0.39 is 0 Å². The van der Waals surface area contributed by atoms with Gasteiger partial charge in [0, 0.05) is 49.5 Å². The molecule has 3 heteroatoms. The molecule has 0 bridgehead atoms. The first kappa shape index (κ1) is 12.6. The Kier molecular flexibility index (Phi) is 3.49. The summed E-state index contributed by atoms with van der Waals surface area (Å²) < 4.78 is 0. The molecule has 0 spiro atoms. The number of rotatable bonds is 2. The fraction of sp³-hybridized carbons (Fsp3) is 0.438. The van der Waals surface area contributed by atoms with E-state index in [1.165, 1.54) is 16.3 Å². The van der Waals surface area contributed by atoms with Gasteiger partial charge >= 0.3 is 0 Å². The summed E-state index contributed by atoms with van der Waals surface area (Å²) in [5.41, 5.74) is 1.40. The van der Waals surface area contributed by atoms with Crippen LogP contribution in [0.15, 0.2) is 36.7 Å². The third kappa shape index (κ3) is 2.48. The van der Waals surface area contributed by atoms with Crippen molar-refractivity contribution in [3.8, 4) is 0 Å². The zero-order chi connectivity index (χ0) is 13.2. The quantitative estimate of drug-likeness (QED) is 0.893. The molecule has 2 atom stereocenters. The van der Waals surface area contributed by atoms with Crippen LogP contribution < -0.4 is 5.32 Å². The Morgan fingerprint density at radius 2 is 2.00 bits per heavy atom. The summed E-state index contributed by atoms with van der Waals surface area (Å²) in [5, 5.41) is 6.05. The molecule has 0 aliphatic carbocycles. The van der Waals surface area contributed by atoms with Crippen LogP contribution in [-0.2, 0) is 6.54 Å². The van der Waals surface area contributed by atoms with Gasteiger partial charge in [-0.1, -0.05) is 18.2 Å². The van der Waals surface area contributed by atoms with Gasteiger partial charge in [0.2, 0.25) is 0 Å².